The van der Waals surface area contributed by atoms with E-state index in [4.69, 9.17) is 9.47 Å². The maximum atomic E-state index is 6.10. The van der Waals surface area contributed by atoms with Crippen molar-refractivity contribution >= 4 is 50.4 Å². The van der Waals surface area contributed by atoms with Crippen molar-refractivity contribution in [2.75, 3.05) is 6.61 Å². The largest absolute Gasteiger partial charge is 0.490 e. The van der Waals surface area contributed by atoms with Gasteiger partial charge in [-0.15, -0.1) is 0 Å². The minimum atomic E-state index is 0.485. The summed E-state index contributed by atoms with van der Waals surface area (Å²) in [5.41, 5.74) is 5.46. The van der Waals surface area contributed by atoms with E-state index < -0.39 is 0 Å². The third kappa shape index (κ3) is 6.06. The number of nitrogens with zero attached hydrogens (tertiary/aromatic N) is 1. The minimum Gasteiger partial charge on any atom is -0.490 e. The molecule has 3 aromatic carbocycles. The molecule has 5 heteroatoms. The number of benzene rings is 3. The molecule has 0 atom stereocenters. The van der Waals surface area contributed by atoms with Crippen molar-refractivity contribution in [1.82, 2.24) is 0 Å². The van der Waals surface area contributed by atoms with Crippen LogP contribution in [0.1, 0.15) is 29.2 Å². The summed E-state index contributed by atoms with van der Waals surface area (Å²) in [4.78, 5) is 4.66. The summed E-state index contributed by atoms with van der Waals surface area (Å²) in [5.74, 6) is 1.50. The number of rotatable bonds is 7. The molecule has 3 nitrogen and oxygen atoms in total. The van der Waals surface area contributed by atoms with Crippen LogP contribution in [-0.2, 0) is 6.61 Å². The Morgan fingerprint density at radius 3 is 2.45 bits per heavy atom. The van der Waals surface area contributed by atoms with Gasteiger partial charge in [0.15, 0.2) is 11.5 Å². The second-order valence-corrected chi connectivity index (χ2v) is 8.80. The maximum Gasteiger partial charge on any atom is 0.175 e. The molecule has 150 valence electrons. The van der Waals surface area contributed by atoms with Crippen molar-refractivity contribution in [3.8, 4) is 11.5 Å². The smallest absolute Gasteiger partial charge is 0.175 e. The van der Waals surface area contributed by atoms with E-state index in [9.17, 15) is 0 Å². The van der Waals surface area contributed by atoms with Gasteiger partial charge in [0.1, 0.15) is 6.61 Å². The number of hydrogen-bond donors (Lipinski definition) is 0. The average molecular weight is 564 g/mol. The quantitative estimate of drug-likeness (QED) is 0.221. The van der Waals surface area contributed by atoms with Gasteiger partial charge in [-0.05, 0) is 90.4 Å². The van der Waals surface area contributed by atoms with Gasteiger partial charge >= 0.3 is 0 Å². The van der Waals surface area contributed by atoms with Crippen molar-refractivity contribution in [3.63, 3.8) is 0 Å². The summed E-state index contributed by atoms with van der Waals surface area (Å²) in [7, 11) is 0. The number of halogens is 2. The monoisotopic (exact) mass is 563 g/mol. The molecule has 0 saturated carbocycles. The predicted molar refractivity (Wildman–Crippen MR) is 132 cm³/mol. The van der Waals surface area contributed by atoms with E-state index >= 15 is 0 Å². The van der Waals surface area contributed by atoms with Gasteiger partial charge in [-0.3, -0.25) is 4.99 Å². The summed E-state index contributed by atoms with van der Waals surface area (Å²) in [6.07, 6.45) is 1.88. The van der Waals surface area contributed by atoms with Crippen LogP contribution in [-0.4, -0.2) is 12.8 Å². The zero-order valence-corrected chi connectivity index (χ0v) is 20.5. The van der Waals surface area contributed by atoms with E-state index in [1.807, 2.05) is 49.5 Å². The fourth-order valence-electron chi connectivity index (χ4n) is 2.90. The van der Waals surface area contributed by atoms with Gasteiger partial charge < -0.3 is 9.47 Å². The van der Waals surface area contributed by atoms with Crippen LogP contribution >= 0.6 is 38.5 Å². The van der Waals surface area contributed by atoms with Gasteiger partial charge in [0, 0.05) is 10.7 Å². The molecule has 29 heavy (non-hydrogen) atoms. The van der Waals surface area contributed by atoms with Gasteiger partial charge in [-0.25, -0.2) is 0 Å². The Balaban J connectivity index is 1.83. The molecule has 3 aromatic rings. The Labute approximate surface area is 194 Å². The van der Waals surface area contributed by atoms with E-state index in [0.717, 1.165) is 41.9 Å². The first kappa shape index (κ1) is 21.8. The highest BCUT2D eigenvalue weighted by atomic mass is 127. The van der Waals surface area contributed by atoms with E-state index in [0.29, 0.717) is 13.2 Å². The van der Waals surface area contributed by atoms with Crippen LogP contribution in [0.4, 0.5) is 5.69 Å². The number of aliphatic imine (C=N–C) groups is 1. The highest BCUT2D eigenvalue weighted by Gasteiger charge is 2.12. The van der Waals surface area contributed by atoms with Gasteiger partial charge in [0.05, 0.1) is 15.9 Å². The Bertz CT molecular complexity index is 1020. The first-order valence-corrected chi connectivity index (χ1v) is 11.3. The van der Waals surface area contributed by atoms with Crippen LogP contribution in [0.5, 0.6) is 11.5 Å². The molecule has 0 saturated heterocycles. The molecule has 0 aliphatic heterocycles. The molecule has 0 fully saturated rings. The molecule has 0 bridgehead atoms. The van der Waals surface area contributed by atoms with E-state index in [1.54, 1.807) is 0 Å². The molecular weight excluding hydrogens is 541 g/mol. The second kappa shape index (κ2) is 10.3. The molecule has 0 aromatic heterocycles. The van der Waals surface area contributed by atoms with Crippen molar-refractivity contribution in [2.24, 2.45) is 4.99 Å². The van der Waals surface area contributed by atoms with E-state index in [-0.39, 0.29) is 0 Å². The molecule has 0 spiro atoms. The van der Waals surface area contributed by atoms with Crippen molar-refractivity contribution < 1.29 is 9.47 Å². The summed E-state index contributed by atoms with van der Waals surface area (Å²) >= 11 is 5.75. The van der Waals surface area contributed by atoms with Gasteiger partial charge in [-0.1, -0.05) is 45.8 Å². The van der Waals surface area contributed by atoms with Crippen LogP contribution < -0.4 is 9.47 Å². The number of ether oxygens (including phenoxy) is 2. The Morgan fingerprint density at radius 1 is 1.00 bits per heavy atom. The summed E-state index contributed by atoms with van der Waals surface area (Å²) in [6.45, 7) is 7.20. The maximum absolute atomic E-state index is 6.10. The molecule has 0 radical (unpaired) electrons. The van der Waals surface area contributed by atoms with E-state index in [2.05, 4.69) is 75.6 Å². The molecule has 0 aliphatic carbocycles. The van der Waals surface area contributed by atoms with Gasteiger partial charge in [0.25, 0.3) is 0 Å². The number of hydrogen-bond acceptors (Lipinski definition) is 3. The Morgan fingerprint density at radius 2 is 1.76 bits per heavy atom. The summed E-state index contributed by atoms with van der Waals surface area (Å²) < 4.78 is 14.0. The molecule has 0 heterocycles. The molecule has 0 amide bonds. The molecule has 3 rings (SSSR count). The van der Waals surface area contributed by atoms with Gasteiger partial charge in [-0.2, -0.15) is 0 Å². The highest BCUT2D eigenvalue weighted by Crippen LogP contribution is 2.35. The topological polar surface area (TPSA) is 30.8 Å². The zero-order valence-electron chi connectivity index (χ0n) is 16.7. The molecule has 0 N–H and O–H groups in total. The normalized spacial score (nSPS) is 11.1. The lowest BCUT2D eigenvalue weighted by Crippen LogP contribution is -2.02. The molecular formula is C24H23BrINO2. The Kier molecular flexibility index (Phi) is 7.72. The lowest BCUT2D eigenvalue weighted by molar-refractivity contribution is 0.267. The lowest BCUT2D eigenvalue weighted by atomic mass is 10.1. The van der Waals surface area contributed by atoms with E-state index in [1.165, 1.54) is 5.56 Å². The summed E-state index contributed by atoms with van der Waals surface area (Å²) in [6, 6.07) is 18.4. The Hall–Kier alpha value is -1.86. The predicted octanol–water partition coefficient (Wildman–Crippen LogP) is 7.40. The number of aryl methyl sites for hydroxylation is 2. The van der Waals surface area contributed by atoms with Gasteiger partial charge in [0.2, 0.25) is 0 Å². The molecule has 0 aliphatic rings. The van der Waals surface area contributed by atoms with Crippen molar-refractivity contribution in [1.29, 1.82) is 0 Å². The first-order chi connectivity index (χ1) is 14.0. The van der Waals surface area contributed by atoms with Crippen LogP contribution in [0.2, 0.25) is 0 Å². The molecule has 0 unspecified atom stereocenters. The minimum absolute atomic E-state index is 0.485. The fraction of sp³-hybridized carbons (Fsp3) is 0.208. The SMILES string of the molecule is CCOc1cc(C=Nc2ccc(C)cc2C)cc(I)c1OCc1ccc(Br)cc1. The van der Waals surface area contributed by atoms with Crippen LogP contribution in [0.3, 0.4) is 0 Å². The van der Waals surface area contributed by atoms with Crippen molar-refractivity contribution in [2.45, 2.75) is 27.4 Å². The van der Waals surface area contributed by atoms with Crippen LogP contribution in [0.25, 0.3) is 0 Å². The van der Waals surface area contributed by atoms with Crippen LogP contribution in [0, 0.1) is 17.4 Å². The first-order valence-electron chi connectivity index (χ1n) is 9.41. The van der Waals surface area contributed by atoms with Crippen molar-refractivity contribution in [3.05, 3.63) is 84.9 Å². The summed E-state index contributed by atoms with van der Waals surface area (Å²) in [5, 5.41) is 0. The lowest BCUT2D eigenvalue weighted by Gasteiger charge is -2.15. The van der Waals surface area contributed by atoms with Crippen LogP contribution in [0.15, 0.2) is 64.1 Å². The highest BCUT2D eigenvalue weighted by molar-refractivity contribution is 14.1. The fourth-order valence-corrected chi connectivity index (χ4v) is 3.94. The zero-order chi connectivity index (χ0) is 20.8. The second-order valence-electron chi connectivity index (χ2n) is 6.73. The average Bonchev–Trinajstić information content (AvgIpc) is 2.68. The third-order valence-electron chi connectivity index (χ3n) is 4.33. The third-order valence-corrected chi connectivity index (χ3v) is 5.66. The standard InChI is InChI=1S/C24H23BrINO2/c1-4-28-23-13-19(14-27-22-10-5-16(2)11-17(22)3)12-21(26)24(23)29-15-18-6-8-20(25)9-7-18/h5-14H,4,15H2,1-3H3.